The maximum atomic E-state index is 10.7. The molecule has 9 heteroatoms. The van der Waals surface area contributed by atoms with E-state index in [1.807, 2.05) is 44.4 Å². The van der Waals surface area contributed by atoms with Crippen molar-refractivity contribution in [3.05, 3.63) is 79.4 Å². The number of ether oxygens (including phenoxy) is 1. The molecule has 1 saturated heterocycles. The van der Waals surface area contributed by atoms with Gasteiger partial charge in [0.15, 0.2) is 6.29 Å². The fourth-order valence-electron chi connectivity index (χ4n) is 4.08. The number of nitrogens with zero attached hydrogens (tertiary/aromatic N) is 4. The van der Waals surface area contributed by atoms with Gasteiger partial charge >= 0.3 is 0 Å². The highest BCUT2D eigenvalue weighted by molar-refractivity contribution is 5.83. The highest BCUT2D eigenvalue weighted by Crippen LogP contribution is 2.32. The zero-order valence-corrected chi connectivity index (χ0v) is 22.9. The first-order chi connectivity index (χ1) is 19.0. The van der Waals surface area contributed by atoms with Crippen molar-refractivity contribution in [3.63, 3.8) is 0 Å². The number of nitrogens with two attached hydrogens (primary N) is 1. The van der Waals surface area contributed by atoms with Gasteiger partial charge in [0, 0.05) is 13.1 Å². The third-order valence-corrected chi connectivity index (χ3v) is 6.07. The molecule has 2 aromatic rings. The van der Waals surface area contributed by atoms with Gasteiger partial charge in [0.1, 0.15) is 35.5 Å². The molecule has 1 aliphatic rings. The van der Waals surface area contributed by atoms with Gasteiger partial charge in [-0.25, -0.2) is 9.97 Å². The number of aromatic nitrogens is 2. The third-order valence-electron chi connectivity index (χ3n) is 6.07. The summed E-state index contributed by atoms with van der Waals surface area (Å²) in [5, 5.41) is 15.1. The molecule has 39 heavy (non-hydrogen) atoms. The maximum Gasteiger partial charge on any atom is 0.160 e. The lowest BCUT2D eigenvalue weighted by atomic mass is 9.96. The maximum absolute atomic E-state index is 10.7. The molecular weight excluding hydrogens is 490 g/mol. The Morgan fingerprint density at radius 1 is 1.23 bits per heavy atom. The molecule has 9 nitrogen and oxygen atoms in total. The van der Waals surface area contributed by atoms with Crippen LogP contribution in [0.4, 0.5) is 11.6 Å². The van der Waals surface area contributed by atoms with E-state index in [-0.39, 0.29) is 5.57 Å². The third kappa shape index (κ3) is 10.2. The number of carbonyl (C=O) groups is 1. The topological polar surface area (TPSA) is 129 Å². The molecule has 4 N–H and O–H groups in total. The van der Waals surface area contributed by atoms with Crippen LogP contribution in [0.15, 0.2) is 79.4 Å². The van der Waals surface area contributed by atoms with Crippen molar-refractivity contribution in [2.24, 2.45) is 5.92 Å². The number of aldehydes is 1. The van der Waals surface area contributed by atoms with Crippen LogP contribution in [0.5, 0.6) is 5.75 Å². The molecule has 1 aliphatic heterocycles. The summed E-state index contributed by atoms with van der Waals surface area (Å²) in [4.78, 5) is 21.7. The number of rotatable bonds is 12. The summed E-state index contributed by atoms with van der Waals surface area (Å²) in [6.07, 6.45) is 11.6. The Morgan fingerprint density at radius 2 is 1.92 bits per heavy atom. The fourth-order valence-corrected chi connectivity index (χ4v) is 4.08. The summed E-state index contributed by atoms with van der Waals surface area (Å²) in [6.45, 7) is 11.0. The predicted octanol–water partition coefficient (Wildman–Crippen LogP) is 4.36. The molecule has 0 atom stereocenters. The van der Waals surface area contributed by atoms with E-state index in [2.05, 4.69) is 38.7 Å². The normalized spacial score (nSPS) is 14.4. The molecular formula is C30H39N7O2. The summed E-state index contributed by atoms with van der Waals surface area (Å²) in [6, 6.07) is 9.49. The molecule has 0 amide bonds. The number of nitriles is 1. The molecule has 206 valence electrons. The minimum Gasteiger partial charge on any atom is -0.457 e. The second-order valence-electron chi connectivity index (χ2n) is 8.96. The average molecular weight is 530 g/mol. The Balaban J connectivity index is 0.00000170. The zero-order valence-electron chi connectivity index (χ0n) is 22.9. The number of nitrogen functional groups attached to an aromatic ring is 1. The fraction of sp³-hybridized carbons (Fsp3) is 0.333. The van der Waals surface area contributed by atoms with Crippen molar-refractivity contribution in [2.45, 2.75) is 19.3 Å². The molecule has 0 radical (unpaired) electrons. The predicted molar refractivity (Wildman–Crippen MR) is 158 cm³/mol. The van der Waals surface area contributed by atoms with Gasteiger partial charge in [0.05, 0.1) is 11.1 Å². The highest BCUT2D eigenvalue weighted by atomic mass is 16.5. The first-order valence-corrected chi connectivity index (χ1v) is 12.9. The van der Waals surface area contributed by atoms with Crippen molar-refractivity contribution in [1.82, 2.24) is 20.2 Å². The van der Waals surface area contributed by atoms with E-state index in [1.165, 1.54) is 6.33 Å². The second kappa shape index (κ2) is 17.3. The van der Waals surface area contributed by atoms with Crippen LogP contribution in [0.1, 0.15) is 19.3 Å². The molecule has 2 heterocycles. The van der Waals surface area contributed by atoms with Gasteiger partial charge in [0.2, 0.25) is 0 Å². The summed E-state index contributed by atoms with van der Waals surface area (Å²) in [7, 11) is 3.75. The standard InChI is InChI=1S/C28H32N6O2.C2H7N/c1-3-6-24(4-2)36-25-10-8-23(9-11-25)26-27(30)32-20-33-28(26)31-18-21-12-15-34(16-13-21)14-5-7-22(17-29)19-35;1-3-2/h3-4,6-11,19-21H,1-2,5,12-16,18H2,(H3,30,31,32,33);3H,1-2H3/b22-7-,24-6+;. The van der Waals surface area contributed by atoms with Crippen LogP contribution in [0.3, 0.4) is 0 Å². The smallest absolute Gasteiger partial charge is 0.160 e. The van der Waals surface area contributed by atoms with Crippen molar-refractivity contribution < 1.29 is 9.53 Å². The molecule has 0 aliphatic carbocycles. The van der Waals surface area contributed by atoms with E-state index in [0.29, 0.717) is 41.8 Å². The summed E-state index contributed by atoms with van der Waals surface area (Å²) >= 11 is 0. The molecule has 1 aromatic carbocycles. The van der Waals surface area contributed by atoms with E-state index in [0.717, 1.165) is 50.1 Å². The number of allylic oxidation sites excluding steroid dienone is 4. The van der Waals surface area contributed by atoms with Gasteiger partial charge in [-0.3, -0.25) is 4.79 Å². The Kier molecular flexibility index (Phi) is 13.7. The SMILES string of the molecule is C=C/C=C(\C=C)Oc1ccc(-c2c(N)ncnc2NCC2CCN(CC/C=C(/C#N)C=O)CC2)cc1.CNC. The van der Waals surface area contributed by atoms with E-state index in [9.17, 15) is 4.79 Å². The van der Waals surface area contributed by atoms with Crippen molar-refractivity contribution in [2.75, 3.05) is 51.3 Å². The molecule has 0 spiro atoms. The Labute approximate surface area is 231 Å². The molecule has 3 rings (SSSR count). The number of likely N-dealkylation sites (tertiary alicyclic amines) is 1. The van der Waals surface area contributed by atoms with Crippen molar-refractivity contribution >= 4 is 17.9 Å². The minimum absolute atomic E-state index is 0.197. The van der Waals surface area contributed by atoms with E-state index in [4.69, 9.17) is 15.7 Å². The van der Waals surface area contributed by atoms with Gasteiger partial charge in [0.25, 0.3) is 0 Å². The Hall–Kier alpha value is -4.26. The van der Waals surface area contributed by atoms with Gasteiger partial charge in [-0.1, -0.05) is 37.4 Å². The number of carbonyl (C=O) groups excluding carboxylic acids is 1. The van der Waals surface area contributed by atoms with Gasteiger partial charge < -0.3 is 26.0 Å². The van der Waals surface area contributed by atoms with Crippen molar-refractivity contribution in [3.8, 4) is 22.9 Å². The summed E-state index contributed by atoms with van der Waals surface area (Å²) < 4.78 is 5.80. The number of benzene rings is 1. The number of hydrogen-bond donors (Lipinski definition) is 3. The summed E-state index contributed by atoms with van der Waals surface area (Å²) in [5.74, 6) is 2.91. The lowest BCUT2D eigenvalue weighted by Crippen LogP contribution is -2.36. The largest absolute Gasteiger partial charge is 0.457 e. The van der Waals surface area contributed by atoms with Crippen LogP contribution < -0.4 is 21.1 Å². The number of hydrogen-bond acceptors (Lipinski definition) is 9. The monoisotopic (exact) mass is 529 g/mol. The molecule has 0 saturated carbocycles. The van der Waals surface area contributed by atoms with Crippen LogP contribution in [-0.2, 0) is 4.79 Å². The van der Waals surface area contributed by atoms with Crippen LogP contribution in [0.2, 0.25) is 0 Å². The average Bonchev–Trinajstić information content (AvgIpc) is 2.95. The summed E-state index contributed by atoms with van der Waals surface area (Å²) in [5.41, 5.74) is 8.10. The van der Waals surface area contributed by atoms with E-state index < -0.39 is 0 Å². The van der Waals surface area contributed by atoms with Crippen LogP contribution in [0.25, 0.3) is 11.1 Å². The van der Waals surface area contributed by atoms with Crippen LogP contribution >= 0.6 is 0 Å². The quantitative estimate of drug-likeness (QED) is 0.121. The molecule has 0 bridgehead atoms. The second-order valence-corrected chi connectivity index (χ2v) is 8.96. The zero-order chi connectivity index (χ0) is 28.5. The first kappa shape index (κ1) is 31.0. The number of piperidine rings is 1. The lowest BCUT2D eigenvalue weighted by Gasteiger charge is -2.32. The van der Waals surface area contributed by atoms with Gasteiger partial charge in [-0.15, -0.1) is 0 Å². The van der Waals surface area contributed by atoms with Crippen molar-refractivity contribution in [1.29, 1.82) is 5.26 Å². The van der Waals surface area contributed by atoms with Gasteiger partial charge in [-0.05, 0) is 82.2 Å². The minimum atomic E-state index is 0.197. The lowest BCUT2D eigenvalue weighted by molar-refractivity contribution is -0.104. The molecule has 0 unspecified atom stereocenters. The number of anilines is 2. The Bertz CT molecular complexity index is 1170. The van der Waals surface area contributed by atoms with E-state index >= 15 is 0 Å². The van der Waals surface area contributed by atoms with Crippen LogP contribution in [-0.4, -0.2) is 61.4 Å². The Morgan fingerprint density at radius 3 is 2.51 bits per heavy atom. The highest BCUT2D eigenvalue weighted by Gasteiger charge is 2.20. The number of nitrogens with one attached hydrogen (secondary N) is 2. The van der Waals surface area contributed by atoms with Crippen LogP contribution in [0, 0.1) is 17.2 Å². The van der Waals surface area contributed by atoms with E-state index in [1.54, 1.807) is 24.3 Å². The van der Waals surface area contributed by atoms with Gasteiger partial charge in [-0.2, -0.15) is 5.26 Å². The molecule has 1 fully saturated rings. The molecule has 1 aromatic heterocycles. The first-order valence-electron chi connectivity index (χ1n) is 12.9.